The minimum Gasteiger partial charge on any atom is -0.457 e. The summed E-state index contributed by atoms with van der Waals surface area (Å²) in [5.74, 6) is 1.62. The second-order valence-corrected chi connectivity index (χ2v) is 5.01. The van der Waals surface area contributed by atoms with Crippen LogP contribution < -0.4 is 10.5 Å². The zero-order valence-corrected chi connectivity index (χ0v) is 12.0. The number of benzene rings is 2. The van der Waals surface area contributed by atoms with Crippen LogP contribution in [0.2, 0.25) is 0 Å². The number of pyridine rings is 1. The maximum absolute atomic E-state index is 6.02. The molecule has 3 rings (SSSR count). The molecule has 0 unspecified atom stereocenters. The number of nitrogens with zero attached hydrogens (tertiary/aromatic N) is 1. The highest BCUT2D eigenvalue weighted by Gasteiger charge is 2.06. The van der Waals surface area contributed by atoms with Gasteiger partial charge in [-0.3, -0.25) is 4.98 Å². The van der Waals surface area contributed by atoms with E-state index in [9.17, 15) is 0 Å². The van der Waals surface area contributed by atoms with Gasteiger partial charge in [-0.15, -0.1) is 0 Å². The highest BCUT2D eigenvalue weighted by molar-refractivity contribution is 5.85. The summed E-state index contributed by atoms with van der Waals surface area (Å²) in [5, 5.41) is 1.01. The molecular formula is C18H18N2O. The van der Waals surface area contributed by atoms with E-state index in [-0.39, 0.29) is 6.04 Å². The molecule has 0 aliphatic carbocycles. The summed E-state index contributed by atoms with van der Waals surface area (Å²) >= 11 is 0. The Hall–Kier alpha value is -2.39. The third-order valence-electron chi connectivity index (χ3n) is 3.58. The van der Waals surface area contributed by atoms with Gasteiger partial charge in [0.15, 0.2) is 0 Å². The molecule has 0 spiro atoms. The van der Waals surface area contributed by atoms with Gasteiger partial charge in [0.1, 0.15) is 11.5 Å². The summed E-state index contributed by atoms with van der Waals surface area (Å²) in [6.45, 7) is 2.08. The van der Waals surface area contributed by atoms with Crippen molar-refractivity contribution in [3.8, 4) is 11.5 Å². The molecule has 2 aromatic carbocycles. The lowest BCUT2D eigenvalue weighted by Gasteiger charge is -2.11. The molecule has 2 N–H and O–H groups in total. The molecule has 21 heavy (non-hydrogen) atoms. The fourth-order valence-electron chi connectivity index (χ4n) is 2.31. The van der Waals surface area contributed by atoms with E-state index in [0.717, 1.165) is 34.4 Å². The molecule has 1 atom stereocenters. The van der Waals surface area contributed by atoms with Crippen molar-refractivity contribution in [2.45, 2.75) is 19.4 Å². The van der Waals surface area contributed by atoms with E-state index in [2.05, 4.69) is 11.9 Å². The summed E-state index contributed by atoms with van der Waals surface area (Å²) in [7, 11) is 0. The average Bonchev–Trinajstić information content (AvgIpc) is 2.55. The lowest BCUT2D eigenvalue weighted by Crippen LogP contribution is -2.07. The molecule has 0 aliphatic heterocycles. The van der Waals surface area contributed by atoms with Crippen LogP contribution in [0.1, 0.15) is 24.9 Å². The Balaban J connectivity index is 1.88. The smallest absolute Gasteiger partial charge is 0.136 e. The summed E-state index contributed by atoms with van der Waals surface area (Å²) in [6.07, 6.45) is 2.71. The van der Waals surface area contributed by atoms with Gasteiger partial charge in [0.25, 0.3) is 0 Å². The topological polar surface area (TPSA) is 48.1 Å². The van der Waals surface area contributed by atoms with Gasteiger partial charge >= 0.3 is 0 Å². The molecule has 0 saturated heterocycles. The number of fused-ring (bicyclic) bond motifs is 1. The first-order valence-corrected chi connectivity index (χ1v) is 7.15. The molecule has 3 nitrogen and oxygen atoms in total. The molecular weight excluding hydrogens is 260 g/mol. The minimum atomic E-state index is 0.0841. The summed E-state index contributed by atoms with van der Waals surface area (Å²) in [4.78, 5) is 4.34. The average molecular weight is 278 g/mol. The first kappa shape index (κ1) is 13.6. The highest BCUT2D eigenvalue weighted by atomic mass is 16.5. The maximum Gasteiger partial charge on any atom is 0.136 e. The van der Waals surface area contributed by atoms with Crippen LogP contribution in [0.4, 0.5) is 0 Å². The summed E-state index contributed by atoms with van der Waals surface area (Å²) in [5.41, 5.74) is 8.08. The normalized spacial score (nSPS) is 12.3. The van der Waals surface area contributed by atoms with Gasteiger partial charge in [0.2, 0.25) is 0 Å². The molecule has 0 aliphatic rings. The molecule has 3 heteroatoms. The van der Waals surface area contributed by atoms with E-state index in [1.54, 1.807) is 6.20 Å². The van der Waals surface area contributed by atoms with E-state index in [1.807, 2.05) is 54.6 Å². The van der Waals surface area contributed by atoms with E-state index in [4.69, 9.17) is 10.5 Å². The van der Waals surface area contributed by atoms with Crippen LogP contribution in [-0.2, 0) is 0 Å². The zero-order valence-electron chi connectivity index (χ0n) is 12.0. The fourth-order valence-corrected chi connectivity index (χ4v) is 2.31. The fraction of sp³-hybridized carbons (Fsp3) is 0.167. The molecule has 0 bridgehead atoms. The zero-order chi connectivity index (χ0) is 14.7. The van der Waals surface area contributed by atoms with Crippen LogP contribution in [0.25, 0.3) is 10.9 Å². The Labute approximate surface area is 124 Å². The van der Waals surface area contributed by atoms with Crippen LogP contribution in [0.5, 0.6) is 11.5 Å². The molecule has 0 fully saturated rings. The third kappa shape index (κ3) is 2.88. The number of rotatable bonds is 4. The van der Waals surface area contributed by atoms with Gasteiger partial charge in [-0.05, 0) is 48.4 Å². The second kappa shape index (κ2) is 5.94. The van der Waals surface area contributed by atoms with Gasteiger partial charge < -0.3 is 10.5 Å². The van der Waals surface area contributed by atoms with Gasteiger partial charge in [0, 0.05) is 17.6 Å². The first-order chi connectivity index (χ1) is 10.3. The summed E-state index contributed by atoms with van der Waals surface area (Å²) < 4.78 is 5.98. The summed E-state index contributed by atoms with van der Waals surface area (Å²) in [6, 6.07) is 17.9. The molecule has 1 heterocycles. The molecule has 106 valence electrons. The standard InChI is InChI=1S/C18H18N2O/c1-2-16(19)13-8-10-14(11-9-13)21-18-7-3-6-17-15(18)5-4-12-20-17/h3-12,16H,2,19H2,1H3/t16-/m0/s1. The predicted molar refractivity (Wildman–Crippen MR) is 85.5 cm³/mol. The number of hydrogen-bond acceptors (Lipinski definition) is 3. The van der Waals surface area contributed by atoms with Crippen molar-refractivity contribution >= 4 is 10.9 Å². The van der Waals surface area contributed by atoms with Gasteiger partial charge in [-0.25, -0.2) is 0 Å². The Morgan fingerprint density at radius 3 is 2.62 bits per heavy atom. The van der Waals surface area contributed by atoms with E-state index in [1.165, 1.54) is 0 Å². The number of aromatic nitrogens is 1. The highest BCUT2D eigenvalue weighted by Crippen LogP contribution is 2.29. The lowest BCUT2D eigenvalue weighted by atomic mass is 10.1. The largest absolute Gasteiger partial charge is 0.457 e. The van der Waals surface area contributed by atoms with Crippen LogP contribution in [0.3, 0.4) is 0 Å². The SMILES string of the molecule is CC[C@H](N)c1ccc(Oc2cccc3ncccc23)cc1. The second-order valence-electron chi connectivity index (χ2n) is 5.01. The van der Waals surface area contributed by atoms with E-state index in [0.29, 0.717) is 0 Å². The number of hydrogen-bond donors (Lipinski definition) is 1. The Morgan fingerprint density at radius 1 is 1.05 bits per heavy atom. The first-order valence-electron chi connectivity index (χ1n) is 7.15. The van der Waals surface area contributed by atoms with Gasteiger partial charge in [0.05, 0.1) is 5.52 Å². The van der Waals surface area contributed by atoms with E-state index >= 15 is 0 Å². The van der Waals surface area contributed by atoms with Crippen LogP contribution in [0, 0.1) is 0 Å². The van der Waals surface area contributed by atoms with Crippen molar-refractivity contribution in [1.82, 2.24) is 4.98 Å². The van der Waals surface area contributed by atoms with Crippen LogP contribution >= 0.6 is 0 Å². The Kier molecular flexibility index (Phi) is 3.84. The monoisotopic (exact) mass is 278 g/mol. The molecule has 0 radical (unpaired) electrons. The van der Waals surface area contributed by atoms with Crippen molar-refractivity contribution < 1.29 is 4.74 Å². The van der Waals surface area contributed by atoms with Crippen LogP contribution in [0.15, 0.2) is 60.8 Å². The lowest BCUT2D eigenvalue weighted by molar-refractivity contribution is 0.487. The number of ether oxygens (including phenoxy) is 1. The minimum absolute atomic E-state index is 0.0841. The van der Waals surface area contributed by atoms with Crippen molar-refractivity contribution in [1.29, 1.82) is 0 Å². The van der Waals surface area contributed by atoms with Crippen molar-refractivity contribution in [3.63, 3.8) is 0 Å². The van der Waals surface area contributed by atoms with E-state index < -0.39 is 0 Å². The quantitative estimate of drug-likeness (QED) is 0.767. The molecule has 0 amide bonds. The molecule has 0 saturated carbocycles. The van der Waals surface area contributed by atoms with Crippen molar-refractivity contribution in [2.75, 3.05) is 0 Å². The van der Waals surface area contributed by atoms with Crippen molar-refractivity contribution in [2.24, 2.45) is 5.73 Å². The maximum atomic E-state index is 6.02. The number of nitrogens with two attached hydrogens (primary N) is 1. The Morgan fingerprint density at radius 2 is 1.86 bits per heavy atom. The third-order valence-corrected chi connectivity index (χ3v) is 3.58. The Bertz CT molecular complexity index is 732. The predicted octanol–water partition coefficient (Wildman–Crippen LogP) is 4.44. The van der Waals surface area contributed by atoms with Crippen LogP contribution in [-0.4, -0.2) is 4.98 Å². The molecule has 1 aromatic heterocycles. The van der Waals surface area contributed by atoms with Gasteiger partial charge in [-0.2, -0.15) is 0 Å². The molecule has 3 aromatic rings. The van der Waals surface area contributed by atoms with Crippen molar-refractivity contribution in [3.05, 3.63) is 66.4 Å². The van der Waals surface area contributed by atoms with Gasteiger partial charge in [-0.1, -0.05) is 25.1 Å².